The quantitative estimate of drug-likeness (QED) is 0.622. The number of ether oxygens (including phenoxy) is 1. The first-order chi connectivity index (χ1) is 5.61. The number of aliphatic carboxylic acids is 1. The summed E-state index contributed by atoms with van der Waals surface area (Å²) in [6.45, 7) is 0. The average molecular weight is 172 g/mol. The van der Waals surface area contributed by atoms with Gasteiger partial charge in [0.15, 0.2) is 0 Å². The summed E-state index contributed by atoms with van der Waals surface area (Å²) in [7, 11) is 0. The molecule has 4 heteroatoms. The maximum Gasteiger partial charge on any atom is 0.306 e. The molecule has 0 aliphatic carbocycles. The fourth-order valence-electron chi connectivity index (χ4n) is 2.26. The number of rotatable bonds is 2. The van der Waals surface area contributed by atoms with E-state index in [0.717, 1.165) is 12.8 Å². The fourth-order valence-corrected chi connectivity index (χ4v) is 2.26. The van der Waals surface area contributed by atoms with Gasteiger partial charge in [0.2, 0.25) is 0 Å². The minimum absolute atomic E-state index is 0.0283. The third-order valence-electron chi connectivity index (χ3n) is 2.77. The Bertz CT molecular complexity index is 211. The van der Waals surface area contributed by atoms with Gasteiger partial charge in [0.05, 0.1) is 24.2 Å². The summed E-state index contributed by atoms with van der Waals surface area (Å²) in [6, 6.07) is 0. The molecule has 0 spiro atoms. The van der Waals surface area contributed by atoms with Gasteiger partial charge in [-0.05, 0) is 12.8 Å². The first-order valence-corrected chi connectivity index (χ1v) is 4.19. The van der Waals surface area contributed by atoms with Gasteiger partial charge in [-0.1, -0.05) is 0 Å². The minimum Gasteiger partial charge on any atom is -0.481 e. The zero-order valence-electron chi connectivity index (χ0n) is 6.69. The van der Waals surface area contributed by atoms with Crippen LogP contribution in [0.3, 0.4) is 0 Å². The highest BCUT2D eigenvalue weighted by atomic mass is 16.5. The molecule has 2 heterocycles. The van der Waals surface area contributed by atoms with E-state index in [1.54, 1.807) is 0 Å². The number of carboxylic acids is 1. The van der Waals surface area contributed by atoms with Crippen molar-refractivity contribution in [1.82, 2.24) is 0 Å². The van der Waals surface area contributed by atoms with Crippen molar-refractivity contribution in [1.29, 1.82) is 0 Å². The Morgan fingerprint density at radius 2 is 2.42 bits per heavy atom. The number of carboxylic acid groups (broad SMARTS) is 1. The highest BCUT2D eigenvalue weighted by molar-refractivity contribution is 5.68. The SMILES string of the molecule is O=C(O)CC12CCC(O1)C(O)C2. The maximum atomic E-state index is 10.5. The summed E-state index contributed by atoms with van der Waals surface area (Å²) in [6.07, 6.45) is 1.54. The number of fused-ring (bicyclic) bond motifs is 2. The van der Waals surface area contributed by atoms with Crippen LogP contribution in [0, 0.1) is 0 Å². The Labute approximate surface area is 70.1 Å². The van der Waals surface area contributed by atoms with Crippen LogP contribution in [-0.2, 0) is 9.53 Å². The predicted octanol–water partition coefficient (Wildman–Crippen LogP) is 0.144. The molecular formula is C8H12O4. The third kappa shape index (κ3) is 1.11. The van der Waals surface area contributed by atoms with Crippen molar-refractivity contribution in [2.75, 3.05) is 0 Å². The van der Waals surface area contributed by atoms with Crippen LogP contribution < -0.4 is 0 Å². The summed E-state index contributed by atoms with van der Waals surface area (Å²) in [5.74, 6) is -0.843. The monoisotopic (exact) mass is 172 g/mol. The van der Waals surface area contributed by atoms with Crippen molar-refractivity contribution in [3.8, 4) is 0 Å². The first-order valence-electron chi connectivity index (χ1n) is 4.19. The van der Waals surface area contributed by atoms with Gasteiger partial charge in [-0.25, -0.2) is 0 Å². The topological polar surface area (TPSA) is 66.8 Å². The van der Waals surface area contributed by atoms with Gasteiger partial charge in [-0.3, -0.25) is 4.79 Å². The van der Waals surface area contributed by atoms with Crippen molar-refractivity contribution in [2.24, 2.45) is 0 Å². The molecule has 0 aromatic rings. The molecule has 0 saturated carbocycles. The predicted molar refractivity (Wildman–Crippen MR) is 39.7 cm³/mol. The summed E-state index contributed by atoms with van der Waals surface area (Å²) >= 11 is 0. The summed E-state index contributed by atoms with van der Waals surface area (Å²) in [5, 5.41) is 18.0. The fraction of sp³-hybridized carbons (Fsp3) is 0.875. The molecule has 0 aromatic carbocycles. The van der Waals surface area contributed by atoms with E-state index < -0.39 is 17.7 Å². The second kappa shape index (κ2) is 2.44. The van der Waals surface area contributed by atoms with Crippen LogP contribution in [0.2, 0.25) is 0 Å². The highest BCUT2D eigenvalue weighted by Gasteiger charge is 2.52. The number of hydrogen-bond donors (Lipinski definition) is 2. The normalized spacial score (nSPS) is 45.1. The molecule has 68 valence electrons. The van der Waals surface area contributed by atoms with Gasteiger partial charge in [0.1, 0.15) is 0 Å². The van der Waals surface area contributed by atoms with E-state index in [1.807, 2.05) is 0 Å². The van der Waals surface area contributed by atoms with Gasteiger partial charge in [0.25, 0.3) is 0 Å². The van der Waals surface area contributed by atoms with Crippen molar-refractivity contribution >= 4 is 5.97 Å². The lowest BCUT2D eigenvalue weighted by atomic mass is 9.84. The highest BCUT2D eigenvalue weighted by Crippen LogP contribution is 2.45. The van der Waals surface area contributed by atoms with E-state index in [2.05, 4.69) is 0 Å². The Morgan fingerprint density at radius 3 is 2.83 bits per heavy atom. The maximum absolute atomic E-state index is 10.5. The Morgan fingerprint density at radius 1 is 1.67 bits per heavy atom. The lowest BCUT2D eigenvalue weighted by Crippen LogP contribution is -2.31. The molecule has 2 aliphatic heterocycles. The molecule has 0 radical (unpaired) electrons. The summed E-state index contributed by atoms with van der Waals surface area (Å²) in [5.41, 5.74) is -0.546. The van der Waals surface area contributed by atoms with Gasteiger partial charge < -0.3 is 14.9 Å². The molecule has 2 saturated heterocycles. The molecule has 2 bridgehead atoms. The molecule has 0 aromatic heterocycles. The van der Waals surface area contributed by atoms with Crippen LogP contribution in [0.5, 0.6) is 0 Å². The molecule has 2 rings (SSSR count). The van der Waals surface area contributed by atoms with Crippen LogP contribution >= 0.6 is 0 Å². The largest absolute Gasteiger partial charge is 0.481 e. The smallest absolute Gasteiger partial charge is 0.306 e. The van der Waals surface area contributed by atoms with Crippen LogP contribution in [0.4, 0.5) is 0 Å². The van der Waals surface area contributed by atoms with Gasteiger partial charge in [-0.2, -0.15) is 0 Å². The average Bonchev–Trinajstić information content (AvgIpc) is 2.41. The van der Waals surface area contributed by atoms with E-state index in [1.165, 1.54) is 0 Å². The van der Waals surface area contributed by atoms with E-state index in [0.29, 0.717) is 6.42 Å². The van der Waals surface area contributed by atoms with Crippen molar-refractivity contribution in [3.63, 3.8) is 0 Å². The third-order valence-corrected chi connectivity index (χ3v) is 2.77. The summed E-state index contributed by atoms with van der Waals surface area (Å²) in [4.78, 5) is 10.5. The molecule has 3 unspecified atom stereocenters. The molecule has 2 aliphatic rings. The lowest BCUT2D eigenvalue weighted by Gasteiger charge is -2.22. The number of carbonyl (C=O) groups is 1. The zero-order chi connectivity index (χ0) is 8.77. The van der Waals surface area contributed by atoms with E-state index in [4.69, 9.17) is 9.84 Å². The van der Waals surface area contributed by atoms with Crippen molar-refractivity contribution in [2.45, 2.75) is 43.5 Å². The van der Waals surface area contributed by atoms with Crippen molar-refractivity contribution < 1.29 is 19.7 Å². The number of aliphatic hydroxyl groups excluding tert-OH is 1. The van der Waals surface area contributed by atoms with E-state index in [9.17, 15) is 9.90 Å². The Kier molecular flexibility index (Phi) is 1.63. The Hall–Kier alpha value is -0.610. The van der Waals surface area contributed by atoms with Gasteiger partial charge in [-0.15, -0.1) is 0 Å². The van der Waals surface area contributed by atoms with E-state index in [-0.39, 0.29) is 12.5 Å². The van der Waals surface area contributed by atoms with Gasteiger partial charge in [0, 0.05) is 6.42 Å². The number of aliphatic hydroxyl groups is 1. The van der Waals surface area contributed by atoms with Crippen LogP contribution in [0.1, 0.15) is 25.7 Å². The molecule has 4 nitrogen and oxygen atoms in total. The molecule has 0 amide bonds. The van der Waals surface area contributed by atoms with Crippen molar-refractivity contribution in [3.05, 3.63) is 0 Å². The number of hydrogen-bond acceptors (Lipinski definition) is 3. The minimum atomic E-state index is -0.843. The van der Waals surface area contributed by atoms with Crippen LogP contribution in [-0.4, -0.2) is 34.0 Å². The molecule has 3 atom stereocenters. The molecule has 2 N–H and O–H groups in total. The lowest BCUT2D eigenvalue weighted by molar-refractivity contribution is -0.142. The second-order valence-electron chi connectivity index (χ2n) is 3.72. The molecule has 12 heavy (non-hydrogen) atoms. The Balaban J connectivity index is 2.08. The van der Waals surface area contributed by atoms with Crippen LogP contribution in [0.25, 0.3) is 0 Å². The first kappa shape index (κ1) is 8.01. The molecule has 2 fully saturated rings. The van der Waals surface area contributed by atoms with Gasteiger partial charge >= 0.3 is 5.97 Å². The zero-order valence-corrected chi connectivity index (χ0v) is 6.69. The summed E-state index contributed by atoms with van der Waals surface area (Å²) < 4.78 is 5.45. The second-order valence-corrected chi connectivity index (χ2v) is 3.72. The van der Waals surface area contributed by atoms with Crippen LogP contribution in [0.15, 0.2) is 0 Å². The molecular weight excluding hydrogens is 160 g/mol. The standard InChI is InChI=1S/C8H12O4/c9-5-3-8(4-7(10)11)2-1-6(5)12-8/h5-6,9H,1-4H2,(H,10,11). The van der Waals surface area contributed by atoms with E-state index >= 15 is 0 Å².